The topological polar surface area (TPSA) is 64.7 Å². The molecule has 0 unspecified atom stereocenters. The van der Waals surface area contributed by atoms with Gasteiger partial charge < -0.3 is 20.4 Å². The summed E-state index contributed by atoms with van der Waals surface area (Å²) in [5.41, 5.74) is 0. The maximum atomic E-state index is 11.8. The van der Waals surface area contributed by atoms with Crippen LogP contribution in [0.1, 0.15) is 53.4 Å². The lowest BCUT2D eigenvalue weighted by Crippen LogP contribution is -2.42. The van der Waals surface area contributed by atoms with Gasteiger partial charge in [0.2, 0.25) is 11.8 Å². The Morgan fingerprint density at radius 3 is 1.25 bits per heavy atom. The first-order valence-electron chi connectivity index (χ1n) is 8.56. The summed E-state index contributed by atoms with van der Waals surface area (Å²) in [7, 11) is 0. The zero-order valence-corrected chi connectivity index (χ0v) is 16.8. The summed E-state index contributed by atoms with van der Waals surface area (Å²) in [5.74, 6) is -0.211. The van der Waals surface area contributed by atoms with Gasteiger partial charge in [-0.1, -0.05) is 0 Å². The molecule has 0 fully saturated rings. The molecular formula is C16H30N4O2S2. The molecule has 0 bridgehead atoms. The first-order valence-corrected chi connectivity index (χ1v) is 9.38. The Hall–Kier alpha value is -1.28. The van der Waals surface area contributed by atoms with Crippen molar-refractivity contribution in [2.24, 2.45) is 0 Å². The van der Waals surface area contributed by atoms with Crippen LogP contribution >= 0.6 is 24.4 Å². The minimum absolute atomic E-state index is 0.106. The Labute approximate surface area is 156 Å². The lowest BCUT2D eigenvalue weighted by molar-refractivity contribution is -0.121. The Morgan fingerprint density at radius 1 is 0.708 bits per heavy atom. The van der Waals surface area contributed by atoms with Gasteiger partial charge in [-0.15, -0.1) is 0 Å². The molecule has 0 radical (unpaired) electrons. The SMILES string of the molecule is CCN(CC)C(=S)NC(=O)CCCCC(=O)NC(=S)N(CC)CC. The van der Waals surface area contributed by atoms with E-state index in [-0.39, 0.29) is 11.8 Å². The van der Waals surface area contributed by atoms with Gasteiger partial charge in [0.05, 0.1) is 0 Å². The summed E-state index contributed by atoms with van der Waals surface area (Å²) in [6.45, 7) is 11.0. The molecule has 0 aliphatic carbocycles. The van der Waals surface area contributed by atoms with Crippen molar-refractivity contribution in [3.8, 4) is 0 Å². The fourth-order valence-electron chi connectivity index (χ4n) is 2.11. The molecule has 0 aromatic carbocycles. The first-order chi connectivity index (χ1) is 11.4. The molecule has 2 N–H and O–H groups in total. The third-order valence-corrected chi connectivity index (χ3v) is 4.37. The molecule has 6 nitrogen and oxygen atoms in total. The Bertz CT molecular complexity index is 396. The fraction of sp³-hybridized carbons (Fsp3) is 0.750. The third kappa shape index (κ3) is 9.12. The van der Waals surface area contributed by atoms with Gasteiger partial charge in [0.15, 0.2) is 10.2 Å². The van der Waals surface area contributed by atoms with Crippen molar-refractivity contribution in [2.45, 2.75) is 53.4 Å². The van der Waals surface area contributed by atoms with Crippen molar-refractivity contribution in [1.29, 1.82) is 0 Å². The molecule has 0 heterocycles. The second-order valence-corrected chi connectivity index (χ2v) is 6.03. The van der Waals surface area contributed by atoms with Gasteiger partial charge >= 0.3 is 0 Å². The highest BCUT2D eigenvalue weighted by molar-refractivity contribution is 7.80. The third-order valence-electron chi connectivity index (χ3n) is 3.65. The minimum Gasteiger partial charge on any atom is -0.350 e. The van der Waals surface area contributed by atoms with Crippen molar-refractivity contribution in [3.63, 3.8) is 0 Å². The summed E-state index contributed by atoms with van der Waals surface area (Å²) < 4.78 is 0. The predicted octanol–water partition coefficient (Wildman–Crippen LogP) is 2.03. The van der Waals surface area contributed by atoms with Gasteiger partial charge in [-0.05, 0) is 65.0 Å². The van der Waals surface area contributed by atoms with E-state index in [9.17, 15) is 9.59 Å². The number of amides is 2. The molecule has 2 amide bonds. The van der Waals surface area contributed by atoms with E-state index < -0.39 is 0 Å². The van der Waals surface area contributed by atoms with Crippen LogP contribution in [0.3, 0.4) is 0 Å². The van der Waals surface area contributed by atoms with Crippen molar-refractivity contribution < 1.29 is 9.59 Å². The summed E-state index contributed by atoms with van der Waals surface area (Å²) in [4.78, 5) is 27.5. The van der Waals surface area contributed by atoms with Crippen LogP contribution in [-0.4, -0.2) is 58.0 Å². The molecule has 0 saturated heterocycles. The van der Waals surface area contributed by atoms with Gasteiger partial charge in [-0.25, -0.2) is 0 Å². The largest absolute Gasteiger partial charge is 0.350 e. The highest BCUT2D eigenvalue weighted by atomic mass is 32.1. The molecule has 0 aliphatic rings. The smallest absolute Gasteiger partial charge is 0.226 e. The molecule has 8 heteroatoms. The monoisotopic (exact) mass is 374 g/mol. The predicted molar refractivity (Wildman–Crippen MR) is 106 cm³/mol. The van der Waals surface area contributed by atoms with E-state index in [1.54, 1.807) is 0 Å². The van der Waals surface area contributed by atoms with E-state index in [1.165, 1.54) is 0 Å². The van der Waals surface area contributed by atoms with E-state index in [0.717, 1.165) is 26.2 Å². The number of unbranched alkanes of at least 4 members (excludes halogenated alkanes) is 1. The number of thiocarbonyl (C=S) groups is 2. The quantitative estimate of drug-likeness (QED) is 0.476. The molecular weight excluding hydrogens is 344 g/mol. The number of carbonyl (C=O) groups is 2. The summed E-state index contributed by atoms with van der Waals surface area (Å²) in [5, 5.41) is 6.38. The Kier molecular flexibility index (Phi) is 12.4. The van der Waals surface area contributed by atoms with Crippen LogP contribution in [0, 0.1) is 0 Å². The average Bonchev–Trinajstić information content (AvgIpc) is 2.53. The van der Waals surface area contributed by atoms with Crippen molar-refractivity contribution >= 4 is 46.5 Å². The van der Waals surface area contributed by atoms with E-state index in [0.29, 0.717) is 35.9 Å². The van der Waals surface area contributed by atoms with Gasteiger partial charge in [-0.3, -0.25) is 9.59 Å². The van der Waals surface area contributed by atoms with Crippen LogP contribution in [-0.2, 0) is 9.59 Å². The summed E-state index contributed by atoms with van der Waals surface area (Å²) in [6.07, 6.45) is 1.99. The van der Waals surface area contributed by atoms with Crippen molar-refractivity contribution in [2.75, 3.05) is 26.2 Å². The summed E-state index contributed by atoms with van der Waals surface area (Å²) in [6, 6.07) is 0. The molecule has 0 saturated carbocycles. The van der Waals surface area contributed by atoms with Gasteiger partial charge in [-0.2, -0.15) is 0 Å². The molecule has 0 aromatic heterocycles. The van der Waals surface area contributed by atoms with Gasteiger partial charge in [0, 0.05) is 39.0 Å². The maximum absolute atomic E-state index is 11.8. The van der Waals surface area contributed by atoms with E-state index in [4.69, 9.17) is 24.4 Å². The van der Waals surface area contributed by atoms with Crippen molar-refractivity contribution in [1.82, 2.24) is 20.4 Å². The number of rotatable bonds is 9. The molecule has 24 heavy (non-hydrogen) atoms. The van der Waals surface area contributed by atoms with E-state index in [1.807, 2.05) is 37.5 Å². The molecule has 0 aliphatic heterocycles. The first kappa shape index (κ1) is 22.7. The lowest BCUT2D eigenvalue weighted by Gasteiger charge is -2.22. The maximum Gasteiger partial charge on any atom is 0.226 e. The van der Waals surface area contributed by atoms with Gasteiger partial charge in [0.1, 0.15) is 0 Å². The Balaban J connectivity index is 3.96. The second kappa shape index (κ2) is 13.1. The molecule has 0 spiro atoms. The standard InChI is InChI=1S/C16H30N4O2S2/c1-5-19(6-2)15(23)17-13(21)11-9-10-12-14(22)18-16(24)20(7-3)8-4/h5-12H2,1-4H3,(H,17,21,23)(H,18,22,24). The van der Waals surface area contributed by atoms with Crippen LogP contribution in [0.5, 0.6) is 0 Å². The number of carbonyl (C=O) groups excluding carboxylic acids is 2. The zero-order chi connectivity index (χ0) is 18.5. The molecule has 0 atom stereocenters. The Morgan fingerprint density at radius 2 is 1.00 bits per heavy atom. The highest BCUT2D eigenvalue weighted by Crippen LogP contribution is 2.01. The fourth-order valence-corrected chi connectivity index (χ4v) is 2.86. The van der Waals surface area contributed by atoms with Crippen LogP contribution in [0.4, 0.5) is 0 Å². The second-order valence-electron chi connectivity index (χ2n) is 5.26. The number of hydrogen-bond acceptors (Lipinski definition) is 4. The molecule has 0 rings (SSSR count). The number of nitrogens with zero attached hydrogens (tertiary/aromatic N) is 2. The average molecular weight is 375 g/mol. The molecule has 0 aromatic rings. The number of nitrogens with one attached hydrogen (secondary N) is 2. The lowest BCUT2D eigenvalue weighted by atomic mass is 10.2. The van der Waals surface area contributed by atoms with Crippen molar-refractivity contribution in [3.05, 3.63) is 0 Å². The van der Waals surface area contributed by atoms with Crippen LogP contribution in [0.25, 0.3) is 0 Å². The van der Waals surface area contributed by atoms with Crippen LogP contribution in [0.2, 0.25) is 0 Å². The highest BCUT2D eigenvalue weighted by Gasteiger charge is 2.11. The van der Waals surface area contributed by atoms with Crippen LogP contribution in [0.15, 0.2) is 0 Å². The van der Waals surface area contributed by atoms with Gasteiger partial charge in [0.25, 0.3) is 0 Å². The van der Waals surface area contributed by atoms with Crippen LogP contribution < -0.4 is 10.6 Å². The molecule has 138 valence electrons. The van der Waals surface area contributed by atoms with E-state index in [2.05, 4.69) is 10.6 Å². The van der Waals surface area contributed by atoms with E-state index >= 15 is 0 Å². The number of hydrogen-bond donors (Lipinski definition) is 2. The minimum atomic E-state index is -0.106. The normalized spacial score (nSPS) is 10.0. The zero-order valence-electron chi connectivity index (χ0n) is 15.2. The summed E-state index contributed by atoms with van der Waals surface area (Å²) >= 11 is 10.4.